The maximum absolute atomic E-state index is 13.0. The summed E-state index contributed by atoms with van der Waals surface area (Å²) < 4.78 is 11.6. The van der Waals surface area contributed by atoms with Crippen molar-refractivity contribution in [1.29, 1.82) is 0 Å². The maximum atomic E-state index is 13.0. The monoisotopic (exact) mass is 350 g/mol. The Balaban J connectivity index is 1.94. The summed E-state index contributed by atoms with van der Waals surface area (Å²) in [6.07, 6.45) is 1.70. The van der Waals surface area contributed by atoms with Crippen molar-refractivity contribution in [2.24, 2.45) is 0 Å². The Kier molecular flexibility index (Phi) is 3.59. The molecule has 1 aromatic rings. The normalized spacial score (nSPS) is 22.5. The van der Waals surface area contributed by atoms with E-state index >= 15 is 0 Å². The van der Waals surface area contributed by atoms with Crippen LogP contribution in [0.15, 0.2) is 9.82 Å². The molecule has 128 valence electrons. The van der Waals surface area contributed by atoms with Crippen LogP contribution < -0.4 is 5.56 Å². The third-order valence-electron chi connectivity index (χ3n) is 4.81. The Morgan fingerprint density at radius 2 is 2.04 bits per heavy atom. The van der Waals surface area contributed by atoms with Gasteiger partial charge in [0.15, 0.2) is 0 Å². The molecule has 0 N–H and O–H groups in total. The molecule has 1 aromatic heterocycles. The molecular formula is C16H18N2O5S. The van der Waals surface area contributed by atoms with Gasteiger partial charge in [-0.2, -0.15) is 0 Å². The lowest BCUT2D eigenvalue weighted by Crippen LogP contribution is -2.33. The van der Waals surface area contributed by atoms with Crippen LogP contribution in [0.4, 0.5) is 4.79 Å². The van der Waals surface area contributed by atoms with Crippen molar-refractivity contribution < 1.29 is 19.1 Å². The van der Waals surface area contributed by atoms with Gasteiger partial charge in [-0.05, 0) is 29.9 Å². The number of thioether (sulfide) groups is 1. The Bertz CT molecular complexity index is 799. The Morgan fingerprint density at radius 1 is 1.29 bits per heavy atom. The van der Waals surface area contributed by atoms with E-state index in [0.29, 0.717) is 23.8 Å². The number of pyridine rings is 1. The van der Waals surface area contributed by atoms with E-state index in [0.717, 1.165) is 29.0 Å². The molecule has 0 aromatic carbocycles. The van der Waals surface area contributed by atoms with Gasteiger partial charge in [0, 0.05) is 19.3 Å². The number of nitrogens with zero attached hydrogens (tertiary/aromatic N) is 2. The summed E-state index contributed by atoms with van der Waals surface area (Å²) in [6, 6.07) is -0.609. The highest BCUT2D eigenvalue weighted by Crippen LogP contribution is 2.49. The van der Waals surface area contributed by atoms with Crippen LogP contribution in [0.1, 0.15) is 41.5 Å². The van der Waals surface area contributed by atoms with Crippen LogP contribution in [0.5, 0.6) is 0 Å². The first-order chi connectivity index (χ1) is 11.5. The standard InChI is InChI=1S/C16H18N2O5S/c1-17-5-9-10(6-23-16(17)21)13(19)18-11(15(20)22-2)7-24-14(18)12(9)8-3-4-8/h8,11H,3-7H2,1-2H3/t11-/m0/s1. The number of hydrogen-bond acceptors (Lipinski definition) is 6. The van der Waals surface area contributed by atoms with Gasteiger partial charge in [-0.1, -0.05) is 0 Å². The van der Waals surface area contributed by atoms with Crippen molar-refractivity contribution in [3.63, 3.8) is 0 Å². The number of fused-ring (bicyclic) bond motifs is 2. The minimum atomic E-state index is -0.609. The van der Waals surface area contributed by atoms with Crippen molar-refractivity contribution >= 4 is 23.8 Å². The van der Waals surface area contributed by atoms with Crippen LogP contribution in [0.2, 0.25) is 0 Å². The van der Waals surface area contributed by atoms with Crippen molar-refractivity contribution in [3.8, 4) is 0 Å². The lowest BCUT2D eigenvalue weighted by Gasteiger charge is -2.20. The van der Waals surface area contributed by atoms with E-state index in [2.05, 4.69) is 0 Å². The number of amides is 1. The van der Waals surface area contributed by atoms with E-state index in [1.165, 1.54) is 23.8 Å². The second-order valence-corrected chi connectivity index (χ2v) is 7.39. The molecule has 1 amide bonds. The lowest BCUT2D eigenvalue weighted by atomic mass is 9.99. The molecule has 1 atom stereocenters. The van der Waals surface area contributed by atoms with Crippen LogP contribution in [-0.2, 0) is 27.4 Å². The molecule has 1 aliphatic carbocycles. The van der Waals surface area contributed by atoms with Gasteiger partial charge < -0.3 is 14.4 Å². The first-order valence-corrected chi connectivity index (χ1v) is 8.90. The maximum Gasteiger partial charge on any atom is 0.410 e. The van der Waals surface area contributed by atoms with Crippen molar-refractivity contribution in [1.82, 2.24) is 9.47 Å². The van der Waals surface area contributed by atoms with Crippen molar-refractivity contribution in [3.05, 3.63) is 27.0 Å². The molecule has 7 nitrogen and oxygen atoms in total. The highest BCUT2D eigenvalue weighted by atomic mass is 32.2. The van der Waals surface area contributed by atoms with Gasteiger partial charge in [0.1, 0.15) is 12.6 Å². The SMILES string of the molecule is COC(=O)[C@@H]1CSc2c(C3CC3)c3c(c(=O)n21)COC(=O)N(C)C3. The van der Waals surface area contributed by atoms with Gasteiger partial charge in [0.25, 0.3) is 5.56 Å². The second kappa shape index (κ2) is 5.54. The number of methoxy groups -OCH3 is 1. The summed E-state index contributed by atoms with van der Waals surface area (Å²) in [5.74, 6) is 0.485. The summed E-state index contributed by atoms with van der Waals surface area (Å²) in [5, 5.41) is 0.861. The minimum absolute atomic E-state index is 0.0457. The van der Waals surface area contributed by atoms with Gasteiger partial charge in [-0.15, -0.1) is 11.8 Å². The third kappa shape index (κ3) is 2.23. The number of ether oxygens (including phenoxy) is 2. The van der Waals surface area contributed by atoms with E-state index in [-0.39, 0.29) is 12.2 Å². The first kappa shape index (κ1) is 15.6. The number of hydrogen-bond donors (Lipinski definition) is 0. The molecule has 0 saturated heterocycles. The van der Waals surface area contributed by atoms with E-state index in [4.69, 9.17) is 9.47 Å². The Hall–Kier alpha value is -1.96. The number of carbonyl (C=O) groups is 2. The molecule has 0 spiro atoms. The molecule has 1 saturated carbocycles. The molecule has 0 bridgehead atoms. The fourth-order valence-corrected chi connectivity index (χ4v) is 4.82. The van der Waals surface area contributed by atoms with Gasteiger partial charge in [0.05, 0.1) is 17.7 Å². The van der Waals surface area contributed by atoms with Crippen LogP contribution >= 0.6 is 11.8 Å². The van der Waals surface area contributed by atoms with E-state index < -0.39 is 18.1 Å². The summed E-state index contributed by atoms with van der Waals surface area (Å²) >= 11 is 1.53. The summed E-state index contributed by atoms with van der Waals surface area (Å²) in [6.45, 7) is 0.322. The summed E-state index contributed by atoms with van der Waals surface area (Å²) in [4.78, 5) is 38.5. The molecule has 0 unspecified atom stereocenters. The predicted molar refractivity (Wildman–Crippen MR) is 86.1 cm³/mol. The molecule has 3 heterocycles. The first-order valence-electron chi connectivity index (χ1n) is 7.91. The lowest BCUT2D eigenvalue weighted by molar-refractivity contribution is -0.143. The molecule has 3 aliphatic rings. The quantitative estimate of drug-likeness (QED) is 0.755. The van der Waals surface area contributed by atoms with Crippen LogP contribution in [-0.4, -0.2) is 41.4 Å². The molecular weight excluding hydrogens is 332 g/mol. The molecule has 2 aliphatic heterocycles. The number of carbonyl (C=O) groups excluding carboxylic acids is 2. The average Bonchev–Trinajstić information content (AvgIpc) is 3.32. The van der Waals surface area contributed by atoms with Crippen LogP contribution in [0.25, 0.3) is 0 Å². The number of cyclic esters (lactones) is 1. The zero-order valence-corrected chi connectivity index (χ0v) is 14.4. The smallest absolute Gasteiger partial charge is 0.410 e. The Labute approximate surface area is 142 Å². The van der Waals surface area contributed by atoms with Gasteiger partial charge in [0.2, 0.25) is 0 Å². The number of rotatable bonds is 2. The molecule has 0 radical (unpaired) electrons. The third-order valence-corrected chi connectivity index (χ3v) is 5.98. The number of aromatic nitrogens is 1. The largest absolute Gasteiger partial charge is 0.467 e. The summed E-state index contributed by atoms with van der Waals surface area (Å²) in [7, 11) is 3.00. The second-order valence-electron chi connectivity index (χ2n) is 6.39. The molecule has 8 heteroatoms. The van der Waals surface area contributed by atoms with Gasteiger partial charge >= 0.3 is 12.1 Å². The van der Waals surface area contributed by atoms with Crippen molar-refractivity contribution in [2.75, 3.05) is 19.9 Å². The predicted octanol–water partition coefficient (Wildman–Crippen LogP) is 1.63. The number of esters is 1. The molecule has 24 heavy (non-hydrogen) atoms. The minimum Gasteiger partial charge on any atom is -0.467 e. The zero-order chi connectivity index (χ0) is 17.0. The zero-order valence-electron chi connectivity index (χ0n) is 13.5. The molecule has 4 rings (SSSR count). The van der Waals surface area contributed by atoms with Crippen LogP contribution in [0.3, 0.4) is 0 Å². The highest BCUT2D eigenvalue weighted by molar-refractivity contribution is 7.99. The fourth-order valence-electron chi connectivity index (χ4n) is 3.43. The fraction of sp³-hybridized carbons (Fsp3) is 0.562. The van der Waals surface area contributed by atoms with Crippen molar-refractivity contribution in [2.45, 2.75) is 43.0 Å². The highest BCUT2D eigenvalue weighted by Gasteiger charge is 2.41. The topological polar surface area (TPSA) is 77.8 Å². The van der Waals surface area contributed by atoms with Gasteiger partial charge in [-0.25, -0.2) is 9.59 Å². The van der Waals surface area contributed by atoms with E-state index in [9.17, 15) is 14.4 Å². The molecule has 1 fully saturated rings. The van der Waals surface area contributed by atoms with E-state index in [1.54, 1.807) is 11.6 Å². The average molecular weight is 350 g/mol. The van der Waals surface area contributed by atoms with Gasteiger partial charge in [-0.3, -0.25) is 9.36 Å². The van der Waals surface area contributed by atoms with E-state index in [1.807, 2.05) is 0 Å². The Morgan fingerprint density at radius 3 is 2.71 bits per heavy atom. The van der Waals surface area contributed by atoms with Crippen LogP contribution in [0, 0.1) is 0 Å². The summed E-state index contributed by atoms with van der Waals surface area (Å²) in [5.41, 5.74) is 2.27.